The highest BCUT2D eigenvalue weighted by Gasteiger charge is 2.29. The Morgan fingerprint density at radius 1 is 1.26 bits per heavy atom. The minimum Gasteiger partial charge on any atom is -0.484 e. The molecule has 3 rings (SSSR count). The van der Waals surface area contributed by atoms with E-state index in [4.69, 9.17) is 9.47 Å². The molecule has 0 spiro atoms. The maximum Gasteiger partial charge on any atom is 0.341 e. The van der Waals surface area contributed by atoms with Gasteiger partial charge < -0.3 is 14.8 Å². The number of ether oxygens (including phenoxy) is 2. The van der Waals surface area contributed by atoms with Crippen LogP contribution in [0.4, 0.5) is 5.00 Å². The van der Waals surface area contributed by atoms with E-state index in [0.717, 1.165) is 24.8 Å². The number of carbonyl (C=O) groups is 2. The zero-order valence-corrected chi connectivity index (χ0v) is 16.7. The van der Waals surface area contributed by atoms with E-state index in [1.807, 2.05) is 32.0 Å². The highest BCUT2D eigenvalue weighted by Crippen LogP contribution is 2.40. The van der Waals surface area contributed by atoms with Crippen molar-refractivity contribution in [2.75, 3.05) is 11.9 Å². The molecule has 1 amide bonds. The van der Waals surface area contributed by atoms with Crippen molar-refractivity contribution in [2.24, 2.45) is 5.92 Å². The van der Waals surface area contributed by atoms with Gasteiger partial charge in [0.05, 0.1) is 11.7 Å². The number of carbonyl (C=O) groups excluding carboxylic acids is 2. The van der Waals surface area contributed by atoms with Gasteiger partial charge in [0.25, 0.3) is 5.91 Å². The third-order valence-electron chi connectivity index (χ3n) is 4.42. The van der Waals surface area contributed by atoms with E-state index in [9.17, 15) is 9.59 Å². The second kappa shape index (κ2) is 8.57. The molecule has 0 fully saturated rings. The fraction of sp³-hybridized carbons (Fsp3) is 0.429. The van der Waals surface area contributed by atoms with Crippen LogP contribution in [0.3, 0.4) is 0 Å². The summed E-state index contributed by atoms with van der Waals surface area (Å²) in [5.74, 6) is 0.557. The quantitative estimate of drug-likeness (QED) is 0.744. The van der Waals surface area contributed by atoms with Gasteiger partial charge in [-0.2, -0.15) is 0 Å². The molecule has 6 heteroatoms. The number of nitrogens with one attached hydrogen (secondary N) is 1. The molecule has 0 aliphatic heterocycles. The lowest BCUT2D eigenvalue weighted by Gasteiger charge is -2.18. The topological polar surface area (TPSA) is 64.6 Å². The lowest BCUT2D eigenvalue weighted by atomic mass is 9.88. The molecule has 1 atom stereocenters. The van der Waals surface area contributed by atoms with Crippen LogP contribution >= 0.6 is 11.3 Å². The second-order valence-electron chi connectivity index (χ2n) is 7.16. The number of thiophene rings is 1. The molecule has 0 radical (unpaired) electrons. The number of benzene rings is 1. The van der Waals surface area contributed by atoms with E-state index in [1.54, 1.807) is 12.1 Å². The van der Waals surface area contributed by atoms with Gasteiger partial charge in [-0.15, -0.1) is 11.3 Å². The molecular formula is C21H25NO4S. The van der Waals surface area contributed by atoms with Crippen LogP contribution in [0, 0.1) is 5.92 Å². The van der Waals surface area contributed by atoms with E-state index in [2.05, 4.69) is 12.2 Å². The first-order valence-electron chi connectivity index (χ1n) is 9.27. The van der Waals surface area contributed by atoms with Gasteiger partial charge in [0, 0.05) is 4.88 Å². The minimum atomic E-state index is -0.365. The molecule has 144 valence electrons. The van der Waals surface area contributed by atoms with E-state index < -0.39 is 0 Å². The number of amides is 1. The molecule has 1 N–H and O–H groups in total. The maximum absolute atomic E-state index is 12.7. The lowest BCUT2D eigenvalue weighted by molar-refractivity contribution is -0.118. The third-order valence-corrected chi connectivity index (χ3v) is 5.59. The number of esters is 1. The number of fused-ring (bicyclic) bond motifs is 1. The normalized spacial score (nSPS) is 15.9. The maximum atomic E-state index is 12.7. The second-order valence-corrected chi connectivity index (χ2v) is 8.27. The van der Waals surface area contributed by atoms with Crippen molar-refractivity contribution in [3.8, 4) is 5.75 Å². The number of anilines is 1. The van der Waals surface area contributed by atoms with Gasteiger partial charge >= 0.3 is 5.97 Å². The van der Waals surface area contributed by atoms with Crippen molar-refractivity contribution in [3.63, 3.8) is 0 Å². The molecule has 1 aliphatic rings. The van der Waals surface area contributed by atoms with E-state index in [-0.39, 0.29) is 24.6 Å². The highest BCUT2D eigenvalue weighted by molar-refractivity contribution is 7.17. The highest BCUT2D eigenvalue weighted by atomic mass is 32.1. The van der Waals surface area contributed by atoms with Crippen molar-refractivity contribution in [1.82, 2.24) is 0 Å². The van der Waals surface area contributed by atoms with Crippen LogP contribution in [0.2, 0.25) is 0 Å². The molecule has 0 unspecified atom stereocenters. The Balaban J connectivity index is 1.77. The fourth-order valence-corrected chi connectivity index (χ4v) is 4.57. The molecule has 5 nitrogen and oxygen atoms in total. The monoisotopic (exact) mass is 387 g/mol. The Bertz CT molecular complexity index is 813. The van der Waals surface area contributed by atoms with Crippen molar-refractivity contribution in [3.05, 3.63) is 46.3 Å². The first-order chi connectivity index (χ1) is 12.9. The minimum absolute atomic E-state index is 0.109. The summed E-state index contributed by atoms with van der Waals surface area (Å²) >= 11 is 1.48. The van der Waals surface area contributed by atoms with Gasteiger partial charge in [-0.25, -0.2) is 4.79 Å². The molecule has 0 saturated carbocycles. The molecule has 27 heavy (non-hydrogen) atoms. The molecule has 1 aromatic heterocycles. The predicted molar refractivity (Wildman–Crippen MR) is 107 cm³/mol. The lowest BCUT2D eigenvalue weighted by Crippen LogP contribution is -2.22. The van der Waals surface area contributed by atoms with Gasteiger partial charge in [-0.3, -0.25) is 4.79 Å². The Hall–Kier alpha value is -2.34. The van der Waals surface area contributed by atoms with Gasteiger partial charge in [-0.05, 0) is 56.7 Å². The summed E-state index contributed by atoms with van der Waals surface area (Å²) in [6.45, 7) is 5.75. The van der Waals surface area contributed by atoms with Crippen LogP contribution in [0.25, 0.3) is 0 Å². The van der Waals surface area contributed by atoms with Gasteiger partial charge in [0.15, 0.2) is 6.61 Å². The molecule has 0 bridgehead atoms. The van der Waals surface area contributed by atoms with Gasteiger partial charge in [0.1, 0.15) is 10.8 Å². The first-order valence-corrected chi connectivity index (χ1v) is 10.1. The van der Waals surface area contributed by atoms with Crippen molar-refractivity contribution in [1.29, 1.82) is 0 Å². The predicted octanol–water partition coefficient (Wildman–Crippen LogP) is 4.46. The smallest absolute Gasteiger partial charge is 0.341 e. The number of hydrogen-bond acceptors (Lipinski definition) is 5. The average molecular weight is 388 g/mol. The van der Waals surface area contributed by atoms with Crippen molar-refractivity contribution >= 4 is 28.2 Å². The standard InChI is InChI=1S/C21H25NO4S/c1-13(2)26-21(24)19-16-10-9-14(3)11-17(16)27-20(19)22-18(23)12-25-15-7-5-4-6-8-15/h4-8,13-14H,9-12H2,1-3H3,(H,22,23)/t14-/m1/s1. The Kier molecular flexibility index (Phi) is 6.16. The van der Waals surface area contributed by atoms with Crippen LogP contribution in [-0.4, -0.2) is 24.6 Å². The van der Waals surface area contributed by atoms with Crippen LogP contribution in [0.5, 0.6) is 5.75 Å². The summed E-state index contributed by atoms with van der Waals surface area (Å²) < 4.78 is 10.9. The summed E-state index contributed by atoms with van der Waals surface area (Å²) in [5, 5.41) is 3.43. The Labute approximate surface area is 163 Å². The van der Waals surface area contributed by atoms with Gasteiger partial charge in [-0.1, -0.05) is 25.1 Å². The average Bonchev–Trinajstić information content (AvgIpc) is 2.97. The van der Waals surface area contributed by atoms with Crippen LogP contribution in [0.15, 0.2) is 30.3 Å². The molecule has 0 saturated heterocycles. The zero-order chi connectivity index (χ0) is 19.4. The Morgan fingerprint density at radius 2 is 2.00 bits per heavy atom. The zero-order valence-electron chi connectivity index (χ0n) is 15.9. The summed E-state index contributed by atoms with van der Waals surface area (Å²) in [5.41, 5.74) is 1.55. The van der Waals surface area contributed by atoms with Crippen LogP contribution in [0.1, 0.15) is 48.0 Å². The molecule has 1 aromatic carbocycles. The summed E-state index contributed by atoms with van der Waals surface area (Å²) in [4.78, 5) is 26.2. The van der Waals surface area contributed by atoms with E-state index >= 15 is 0 Å². The molecular weight excluding hydrogens is 362 g/mol. The largest absolute Gasteiger partial charge is 0.484 e. The SMILES string of the molecule is CC(C)OC(=O)c1c(NC(=O)COc2ccccc2)sc2c1CC[C@@H](C)C2. The summed E-state index contributed by atoms with van der Waals surface area (Å²) in [7, 11) is 0. The Morgan fingerprint density at radius 3 is 2.70 bits per heavy atom. The number of para-hydroxylation sites is 1. The van der Waals surface area contributed by atoms with Crippen molar-refractivity contribution in [2.45, 2.75) is 46.1 Å². The third kappa shape index (κ3) is 4.89. The molecule has 2 aromatic rings. The first kappa shape index (κ1) is 19.4. The van der Waals surface area contributed by atoms with Crippen molar-refractivity contribution < 1.29 is 19.1 Å². The van der Waals surface area contributed by atoms with E-state index in [0.29, 0.717) is 22.2 Å². The summed E-state index contributed by atoms with van der Waals surface area (Å²) in [6.07, 6.45) is 2.60. The number of rotatable bonds is 6. The fourth-order valence-electron chi connectivity index (χ4n) is 3.16. The van der Waals surface area contributed by atoms with Crippen LogP contribution < -0.4 is 10.1 Å². The molecule has 1 aliphatic carbocycles. The van der Waals surface area contributed by atoms with Crippen LogP contribution in [-0.2, 0) is 22.4 Å². The summed E-state index contributed by atoms with van der Waals surface area (Å²) in [6, 6.07) is 9.17. The number of hydrogen-bond donors (Lipinski definition) is 1. The van der Waals surface area contributed by atoms with E-state index in [1.165, 1.54) is 16.2 Å². The molecule has 1 heterocycles. The van der Waals surface area contributed by atoms with Gasteiger partial charge in [0.2, 0.25) is 0 Å².